The highest BCUT2D eigenvalue weighted by Crippen LogP contribution is 2.13. The zero-order chi connectivity index (χ0) is 21.0. The first-order chi connectivity index (χ1) is 13.9. The van der Waals surface area contributed by atoms with E-state index in [1.165, 1.54) is 31.6 Å². The van der Waals surface area contributed by atoms with Gasteiger partial charge in [-0.05, 0) is 36.4 Å². The number of nitrogens with zero attached hydrogens (tertiary/aromatic N) is 2. The SMILES string of the molecule is COc1ccc(C(=O)Nc2cnc3ccc(C(=O)NCC(=O)O)cn3c2=O)cc1. The number of carbonyl (C=O) groups is 3. The van der Waals surface area contributed by atoms with Crippen LogP contribution >= 0.6 is 0 Å². The number of hydrogen-bond donors (Lipinski definition) is 3. The summed E-state index contributed by atoms with van der Waals surface area (Å²) in [6.07, 6.45) is 2.45. The summed E-state index contributed by atoms with van der Waals surface area (Å²) in [5.74, 6) is -1.78. The standard InChI is InChI=1S/C19H16N4O6/c1-29-13-5-2-11(3-6-13)18(27)22-14-8-20-15-7-4-12(10-23(15)19(14)28)17(26)21-9-16(24)25/h2-8,10H,9H2,1H3,(H,21,26)(H,22,27)(H,24,25). The number of carboxylic acid groups (broad SMARTS) is 1. The first kappa shape index (κ1) is 19.5. The zero-order valence-corrected chi connectivity index (χ0v) is 15.2. The molecule has 10 heteroatoms. The summed E-state index contributed by atoms with van der Waals surface area (Å²) in [6, 6.07) is 9.17. The molecule has 0 aliphatic heterocycles. The molecule has 3 N–H and O–H groups in total. The molecule has 3 aromatic rings. The van der Waals surface area contributed by atoms with Gasteiger partial charge in [-0.3, -0.25) is 23.6 Å². The normalized spacial score (nSPS) is 10.4. The summed E-state index contributed by atoms with van der Waals surface area (Å²) in [7, 11) is 1.51. The maximum atomic E-state index is 12.7. The Morgan fingerprint density at radius 2 is 1.76 bits per heavy atom. The lowest BCUT2D eigenvalue weighted by atomic mass is 10.2. The van der Waals surface area contributed by atoms with Gasteiger partial charge in [-0.15, -0.1) is 0 Å². The van der Waals surface area contributed by atoms with Crippen LogP contribution in [-0.2, 0) is 4.79 Å². The van der Waals surface area contributed by atoms with Crippen molar-refractivity contribution in [3.8, 4) is 5.75 Å². The Morgan fingerprint density at radius 1 is 1.07 bits per heavy atom. The first-order valence-corrected chi connectivity index (χ1v) is 8.36. The van der Waals surface area contributed by atoms with Gasteiger partial charge in [-0.1, -0.05) is 0 Å². The van der Waals surface area contributed by atoms with Crippen LogP contribution in [0.5, 0.6) is 5.75 Å². The second-order valence-corrected chi connectivity index (χ2v) is 5.88. The van der Waals surface area contributed by atoms with Crippen molar-refractivity contribution >= 4 is 29.1 Å². The molecule has 1 aromatic carbocycles. The predicted octanol–water partition coefficient (Wildman–Crippen LogP) is 0.770. The van der Waals surface area contributed by atoms with Crippen LogP contribution in [0.25, 0.3) is 5.65 Å². The quantitative estimate of drug-likeness (QED) is 0.559. The zero-order valence-electron chi connectivity index (χ0n) is 15.2. The van der Waals surface area contributed by atoms with E-state index in [-0.39, 0.29) is 16.9 Å². The van der Waals surface area contributed by atoms with E-state index in [1.807, 2.05) is 0 Å². The fraction of sp³-hybridized carbons (Fsp3) is 0.105. The van der Waals surface area contributed by atoms with E-state index >= 15 is 0 Å². The average Bonchev–Trinajstić information content (AvgIpc) is 2.73. The fourth-order valence-electron chi connectivity index (χ4n) is 2.49. The van der Waals surface area contributed by atoms with Crippen LogP contribution in [0.3, 0.4) is 0 Å². The second-order valence-electron chi connectivity index (χ2n) is 5.88. The lowest BCUT2D eigenvalue weighted by Gasteiger charge is -2.08. The number of rotatable bonds is 6. The molecular formula is C19H16N4O6. The van der Waals surface area contributed by atoms with Crippen LogP contribution in [0.2, 0.25) is 0 Å². The van der Waals surface area contributed by atoms with Crippen LogP contribution in [0.1, 0.15) is 20.7 Å². The lowest BCUT2D eigenvalue weighted by molar-refractivity contribution is -0.135. The maximum absolute atomic E-state index is 12.7. The number of fused-ring (bicyclic) bond motifs is 1. The van der Waals surface area contributed by atoms with Gasteiger partial charge in [0.15, 0.2) is 0 Å². The van der Waals surface area contributed by atoms with Crippen molar-refractivity contribution in [2.45, 2.75) is 0 Å². The fourth-order valence-corrected chi connectivity index (χ4v) is 2.49. The summed E-state index contributed by atoms with van der Waals surface area (Å²) < 4.78 is 6.13. The van der Waals surface area contributed by atoms with E-state index in [0.29, 0.717) is 11.3 Å². The number of aromatic nitrogens is 2. The van der Waals surface area contributed by atoms with Gasteiger partial charge in [0.05, 0.1) is 18.9 Å². The number of benzene rings is 1. The Bertz CT molecular complexity index is 1150. The van der Waals surface area contributed by atoms with Crippen LogP contribution in [0, 0.1) is 0 Å². The van der Waals surface area contributed by atoms with Crippen molar-refractivity contribution in [3.05, 3.63) is 70.3 Å². The van der Waals surface area contributed by atoms with E-state index < -0.39 is 29.9 Å². The minimum absolute atomic E-state index is 0.0706. The third-order valence-corrected chi connectivity index (χ3v) is 3.96. The molecule has 148 valence electrons. The molecule has 2 amide bonds. The van der Waals surface area contributed by atoms with E-state index in [2.05, 4.69) is 15.6 Å². The molecule has 2 heterocycles. The smallest absolute Gasteiger partial charge is 0.322 e. The van der Waals surface area contributed by atoms with Gasteiger partial charge >= 0.3 is 5.97 Å². The number of aliphatic carboxylic acids is 1. The van der Waals surface area contributed by atoms with E-state index in [0.717, 1.165) is 4.40 Å². The number of methoxy groups -OCH3 is 1. The number of anilines is 1. The van der Waals surface area contributed by atoms with E-state index in [9.17, 15) is 19.2 Å². The minimum atomic E-state index is -1.19. The summed E-state index contributed by atoms with van der Waals surface area (Å²) in [4.78, 5) is 51.8. The second kappa shape index (κ2) is 8.21. The average molecular weight is 396 g/mol. The molecule has 0 aliphatic rings. The number of carboxylic acids is 1. The highest BCUT2D eigenvalue weighted by atomic mass is 16.5. The number of hydrogen-bond acceptors (Lipinski definition) is 6. The predicted molar refractivity (Wildman–Crippen MR) is 102 cm³/mol. The number of ether oxygens (including phenoxy) is 1. The van der Waals surface area contributed by atoms with Gasteiger partial charge in [-0.2, -0.15) is 0 Å². The third-order valence-electron chi connectivity index (χ3n) is 3.96. The minimum Gasteiger partial charge on any atom is -0.497 e. The van der Waals surface area contributed by atoms with Gasteiger partial charge in [0.2, 0.25) is 0 Å². The highest BCUT2D eigenvalue weighted by molar-refractivity contribution is 6.04. The van der Waals surface area contributed by atoms with Crippen LogP contribution in [0.15, 0.2) is 53.6 Å². The summed E-state index contributed by atoms with van der Waals surface area (Å²) >= 11 is 0. The number of pyridine rings is 1. The Labute approximate surface area is 163 Å². The van der Waals surface area contributed by atoms with Crippen molar-refractivity contribution in [1.82, 2.24) is 14.7 Å². The van der Waals surface area contributed by atoms with Gasteiger partial charge in [-0.25, -0.2) is 4.98 Å². The number of amides is 2. The highest BCUT2D eigenvalue weighted by Gasteiger charge is 2.13. The van der Waals surface area contributed by atoms with Crippen molar-refractivity contribution in [2.24, 2.45) is 0 Å². The molecule has 0 unspecified atom stereocenters. The molecule has 0 atom stereocenters. The molecule has 0 saturated heterocycles. The van der Waals surface area contributed by atoms with Crippen LogP contribution in [0.4, 0.5) is 5.69 Å². The van der Waals surface area contributed by atoms with Gasteiger partial charge in [0.25, 0.3) is 17.4 Å². The van der Waals surface area contributed by atoms with Crippen molar-refractivity contribution < 1.29 is 24.2 Å². The van der Waals surface area contributed by atoms with Gasteiger partial charge < -0.3 is 20.5 Å². The first-order valence-electron chi connectivity index (χ1n) is 8.36. The molecule has 0 saturated carbocycles. The molecule has 0 spiro atoms. The monoisotopic (exact) mass is 396 g/mol. The van der Waals surface area contributed by atoms with E-state index in [1.54, 1.807) is 24.3 Å². The third kappa shape index (κ3) is 4.38. The Morgan fingerprint density at radius 3 is 2.41 bits per heavy atom. The van der Waals surface area contributed by atoms with Crippen LogP contribution < -0.4 is 20.9 Å². The summed E-state index contributed by atoms with van der Waals surface area (Å²) in [5.41, 5.74) is -0.0261. The van der Waals surface area contributed by atoms with Crippen molar-refractivity contribution in [2.75, 3.05) is 19.0 Å². The Kier molecular flexibility index (Phi) is 5.54. The lowest BCUT2D eigenvalue weighted by Crippen LogP contribution is -2.30. The molecule has 3 rings (SSSR count). The number of nitrogens with one attached hydrogen (secondary N) is 2. The molecular weight excluding hydrogens is 380 g/mol. The number of carbonyl (C=O) groups excluding carboxylic acids is 2. The summed E-state index contributed by atoms with van der Waals surface area (Å²) in [5, 5.41) is 13.3. The Balaban J connectivity index is 1.87. The molecule has 0 aliphatic carbocycles. The van der Waals surface area contributed by atoms with E-state index in [4.69, 9.17) is 9.84 Å². The topological polar surface area (TPSA) is 139 Å². The molecule has 0 fully saturated rings. The molecule has 0 bridgehead atoms. The van der Waals surface area contributed by atoms with Crippen LogP contribution in [-0.4, -0.2) is 45.9 Å². The maximum Gasteiger partial charge on any atom is 0.322 e. The molecule has 29 heavy (non-hydrogen) atoms. The Hall–Kier alpha value is -4.21. The summed E-state index contributed by atoms with van der Waals surface area (Å²) in [6.45, 7) is -0.554. The molecule has 0 radical (unpaired) electrons. The van der Waals surface area contributed by atoms with Gasteiger partial charge in [0, 0.05) is 11.8 Å². The molecule has 2 aromatic heterocycles. The van der Waals surface area contributed by atoms with Gasteiger partial charge in [0.1, 0.15) is 23.6 Å². The largest absolute Gasteiger partial charge is 0.497 e. The van der Waals surface area contributed by atoms with Crippen molar-refractivity contribution in [3.63, 3.8) is 0 Å². The molecule has 10 nitrogen and oxygen atoms in total. The van der Waals surface area contributed by atoms with Crippen molar-refractivity contribution in [1.29, 1.82) is 0 Å².